The zero-order valence-electron chi connectivity index (χ0n) is 8.43. The van der Waals surface area contributed by atoms with Gasteiger partial charge >= 0.3 is 0 Å². The van der Waals surface area contributed by atoms with Crippen molar-refractivity contribution in [3.05, 3.63) is 11.6 Å². The number of hydrogen-bond acceptors (Lipinski definition) is 1. The second-order valence-electron chi connectivity index (χ2n) is 4.66. The molecule has 1 aliphatic carbocycles. The Morgan fingerprint density at radius 1 is 1.58 bits per heavy atom. The average Bonchev–Trinajstić information content (AvgIpc) is 2.56. The highest BCUT2D eigenvalue weighted by Crippen LogP contribution is 2.54. The highest BCUT2D eigenvalue weighted by atomic mass is 16.2. The minimum atomic E-state index is 0.194. The molecular formula is C11H20O. The molecule has 1 N–H and O–H groups in total. The average molecular weight is 168 g/mol. The van der Waals surface area contributed by atoms with Gasteiger partial charge in [-0.05, 0) is 37.5 Å². The third kappa shape index (κ3) is 2.63. The molecule has 1 aliphatic rings. The molecule has 0 aromatic carbocycles. The smallest absolute Gasteiger partial charge is 0.0614 e. The molecule has 0 saturated heterocycles. The van der Waals surface area contributed by atoms with Gasteiger partial charge in [-0.1, -0.05) is 25.5 Å². The van der Waals surface area contributed by atoms with Crippen molar-refractivity contribution in [2.24, 2.45) is 11.3 Å². The van der Waals surface area contributed by atoms with Crippen molar-refractivity contribution >= 4 is 0 Å². The van der Waals surface area contributed by atoms with Crippen molar-refractivity contribution < 1.29 is 5.11 Å². The first-order valence-corrected chi connectivity index (χ1v) is 4.83. The molecule has 0 aromatic rings. The number of rotatable bonds is 4. The zero-order chi connectivity index (χ0) is 9.19. The van der Waals surface area contributed by atoms with E-state index in [1.807, 2.05) is 6.08 Å². The summed E-state index contributed by atoms with van der Waals surface area (Å²) < 4.78 is 0. The van der Waals surface area contributed by atoms with Crippen LogP contribution in [-0.2, 0) is 0 Å². The van der Waals surface area contributed by atoms with Crippen LogP contribution in [0, 0.1) is 11.3 Å². The molecule has 0 aromatic heterocycles. The first-order chi connectivity index (χ1) is 5.56. The Labute approximate surface area is 75.5 Å². The second-order valence-corrected chi connectivity index (χ2v) is 4.66. The normalized spacial score (nSPS) is 27.3. The van der Waals surface area contributed by atoms with Gasteiger partial charge in [-0.25, -0.2) is 0 Å². The van der Waals surface area contributed by atoms with Gasteiger partial charge in [-0.2, -0.15) is 0 Å². The minimum Gasteiger partial charge on any atom is -0.392 e. The molecule has 1 heteroatoms. The summed E-state index contributed by atoms with van der Waals surface area (Å²) >= 11 is 0. The van der Waals surface area contributed by atoms with Crippen LogP contribution >= 0.6 is 0 Å². The molecule has 0 heterocycles. The van der Waals surface area contributed by atoms with Crippen molar-refractivity contribution in [1.82, 2.24) is 0 Å². The standard InChI is InChI=1S/C11H20O/c1-9(6-7-12)4-5-10-8-11(10,2)3/h6,10,12H,4-5,7-8H2,1-3H3/b9-6-/t10-/m1/s1. The summed E-state index contributed by atoms with van der Waals surface area (Å²) in [6, 6.07) is 0. The third-order valence-electron chi connectivity index (χ3n) is 3.04. The first-order valence-electron chi connectivity index (χ1n) is 4.83. The molecule has 1 saturated carbocycles. The molecule has 0 spiro atoms. The van der Waals surface area contributed by atoms with Crippen molar-refractivity contribution in [3.63, 3.8) is 0 Å². The van der Waals surface area contributed by atoms with E-state index < -0.39 is 0 Å². The topological polar surface area (TPSA) is 20.2 Å². The number of hydrogen-bond donors (Lipinski definition) is 1. The fourth-order valence-corrected chi connectivity index (χ4v) is 1.73. The van der Waals surface area contributed by atoms with E-state index in [9.17, 15) is 0 Å². The van der Waals surface area contributed by atoms with Crippen molar-refractivity contribution in [1.29, 1.82) is 0 Å². The van der Waals surface area contributed by atoms with E-state index in [4.69, 9.17) is 5.11 Å². The maximum absolute atomic E-state index is 8.64. The van der Waals surface area contributed by atoms with Gasteiger partial charge in [0.2, 0.25) is 0 Å². The van der Waals surface area contributed by atoms with Crippen LogP contribution in [0.25, 0.3) is 0 Å². The van der Waals surface area contributed by atoms with Gasteiger partial charge < -0.3 is 5.11 Å². The molecule has 1 nitrogen and oxygen atoms in total. The lowest BCUT2D eigenvalue weighted by Crippen LogP contribution is -1.91. The zero-order valence-corrected chi connectivity index (χ0v) is 8.43. The van der Waals surface area contributed by atoms with Crippen LogP contribution < -0.4 is 0 Å². The van der Waals surface area contributed by atoms with Gasteiger partial charge in [0, 0.05) is 0 Å². The molecule has 1 fully saturated rings. The fourth-order valence-electron chi connectivity index (χ4n) is 1.73. The minimum absolute atomic E-state index is 0.194. The van der Waals surface area contributed by atoms with Crippen LogP contribution in [0.5, 0.6) is 0 Å². The van der Waals surface area contributed by atoms with Gasteiger partial charge in [0.1, 0.15) is 0 Å². The molecule has 0 bridgehead atoms. The third-order valence-corrected chi connectivity index (χ3v) is 3.04. The van der Waals surface area contributed by atoms with Gasteiger partial charge in [-0.15, -0.1) is 0 Å². The van der Waals surface area contributed by atoms with Gasteiger partial charge in [0.25, 0.3) is 0 Å². The van der Waals surface area contributed by atoms with Crippen molar-refractivity contribution in [2.45, 2.75) is 40.0 Å². The van der Waals surface area contributed by atoms with E-state index >= 15 is 0 Å². The van der Waals surface area contributed by atoms with Crippen LogP contribution in [0.15, 0.2) is 11.6 Å². The molecule has 12 heavy (non-hydrogen) atoms. The second kappa shape index (κ2) is 3.61. The molecule has 1 atom stereocenters. The van der Waals surface area contributed by atoms with Crippen LogP contribution in [0.1, 0.15) is 40.0 Å². The van der Waals surface area contributed by atoms with Crippen LogP contribution in [0.3, 0.4) is 0 Å². The summed E-state index contributed by atoms with van der Waals surface area (Å²) in [6.07, 6.45) is 5.76. The SMILES string of the molecule is C/C(=C/CO)CC[C@@H]1CC1(C)C. The van der Waals surface area contributed by atoms with Crippen LogP contribution in [-0.4, -0.2) is 11.7 Å². The highest BCUT2D eigenvalue weighted by molar-refractivity contribution is 5.02. The molecule has 70 valence electrons. The van der Waals surface area contributed by atoms with Gasteiger partial charge in [0.15, 0.2) is 0 Å². The van der Waals surface area contributed by atoms with Crippen molar-refractivity contribution in [2.75, 3.05) is 6.61 Å². The van der Waals surface area contributed by atoms with Crippen LogP contribution in [0.4, 0.5) is 0 Å². The monoisotopic (exact) mass is 168 g/mol. The fraction of sp³-hybridized carbons (Fsp3) is 0.818. The Hall–Kier alpha value is -0.300. The maximum Gasteiger partial charge on any atom is 0.0614 e. The largest absolute Gasteiger partial charge is 0.392 e. The first kappa shape index (κ1) is 9.79. The molecular weight excluding hydrogens is 148 g/mol. The Kier molecular flexibility index (Phi) is 2.94. The van der Waals surface area contributed by atoms with E-state index in [0.717, 1.165) is 12.3 Å². The van der Waals surface area contributed by atoms with Crippen LogP contribution in [0.2, 0.25) is 0 Å². The van der Waals surface area contributed by atoms with Gasteiger partial charge in [0.05, 0.1) is 6.61 Å². The van der Waals surface area contributed by atoms with E-state index in [1.54, 1.807) is 0 Å². The lowest BCUT2D eigenvalue weighted by Gasteiger charge is -2.03. The van der Waals surface area contributed by atoms with Gasteiger partial charge in [-0.3, -0.25) is 0 Å². The van der Waals surface area contributed by atoms with Crippen molar-refractivity contribution in [3.8, 4) is 0 Å². The van der Waals surface area contributed by atoms with E-state index in [0.29, 0.717) is 5.41 Å². The molecule has 0 amide bonds. The summed E-state index contributed by atoms with van der Waals surface area (Å²) in [7, 11) is 0. The summed E-state index contributed by atoms with van der Waals surface area (Å²) in [6.45, 7) is 6.97. The molecule has 0 aliphatic heterocycles. The number of aliphatic hydroxyl groups is 1. The summed E-state index contributed by atoms with van der Waals surface area (Å²) in [4.78, 5) is 0. The molecule has 0 unspecified atom stereocenters. The van der Waals surface area contributed by atoms with E-state index in [1.165, 1.54) is 18.4 Å². The number of aliphatic hydroxyl groups excluding tert-OH is 1. The molecule has 1 rings (SSSR count). The Morgan fingerprint density at radius 2 is 2.17 bits per heavy atom. The summed E-state index contributed by atoms with van der Waals surface area (Å²) in [5.41, 5.74) is 1.94. The molecule has 0 radical (unpaired) electrons. The predicted molar refractivity (Wildman–Crippen MR) is 52.0 cm³/mol. The van der Waals surface area contributed by atoms with E-state index in [2.05, 4.69) is 20.8 Å². The Morgan fingerprint density at radius 3 is 2.58 bits per heavy atom. The Bertz CT molecular complexity index is 179. The highest BCUT2D eigenvalue weighted by Gasteiger charge is 2.44. The maximum atomic E-state index is 8.64. The quantitative estimate of drug-likeness (QED) is 0.640. The van der Waals surface area contributed by atoms with E-state index in [-0.39, 0.29) is 6.61 Å². The predicted octanol–water partition coefficient (Wildman–Crippen LogP) is 2.75. The summed E-state index contributed by atoms with van der Waals surface area (Å²) in [5, 5.41) is 8.64. The lowest BCUT2D eigenvalue weighted by molar-refractivity contribution is 0.341. The number of allylic oxidation sites excluding steroid dienone is 1. The Balaban J connectivity index is 2.15. The lowest BCUT2D eigenvalue weighted by atomic mass is 10.0. The summed E-state index contributed by atoms with van der Waals surface area (Å²) in [5.74, 6) is 0.930.